The molecular weight excluding hydrogens is 298 g/mol. The molecule has 1 atom stereocenters. The number of carbonyl (C=O) groups is 2. The van der Waals surface area contributed by atoms with Crippen LogP contribution < -0.4 is 5.32 Å². The first-order chi connectivity index (χ1) is 10.4. The summed E-state index contributed by atoms with van der Waals surface area (Å²) in [6, 6.07) is 4.24. The third kappa shape index (κ3) is 3.66. The Hall–Kier alpha value is -2.77. The molecule has 1 heterocycles. The van der Waals surface area contributed by atoms with E-state index >= 15 is 0 Å². The Morgan fingerprint density at radius 1 is 1.27 bits per heavy atom. The van der Waals surface area contributed by atoms with Crippen LogP contribution in [-0.2, 0) is 9.53 Å². The number of anilines is 1. The minimum atomic E-state index is -1.16. The molecule has 0 unspecified atom stereocenters. The summed E-state index contributed by atoms with van der Waals surface area (Å²) >= 11 is 0. The van der Waals surface area contributed by atoms with Gasteiger partial charge in [0.05, 0.1) is 5.69 Å². The average Bonchev–Trinajstić information content (AvgIpc) is 2.89. The average molecular weight is 310 g/mol. The molecular formula is C14H12F2N2O4. The van der Waals surface area contributed by atoms with Crippen molar-refractivity contribution in [2.24, 2.45) is 0 Å². The van der Waals surface area contributed by atoms with Crippen molar-refractivity contribution in [2.45, 2.75) is 20.0 Å². The maximum absolute atomic E-state index is 13.0. The molecule has 1 amide bonds. The Morgan fingerprint density at radius 2 is 2.00 bits per heavy atom. The van der Waals surface area contributed by atoms with E-state index in [1.54, 1.807) is 6.92 Å². The number of carbonyl (C=O) groups excluding carboxylic acids is 2. The maximum Gasteiger partial charge on any atom is 0.377 e. The summed E-state index contributed by atoms with van der Waals surface area (Å²) in [5.74, 6) is -3.81. The molecule has 8 heteroatoms. The fraction of sp³-hybridized carbons (Fsp3) is 0.214. The van der Waals surface area contributed by atoms with Crippen molar-refractivity contribution in [3.05, 3.63) is 47.4 Å². The Labute approximate surface area is 124 Å². The summed E-state index contributed by atoms with van der Waals surface area (Å²) < 4.78 is 35.4. The molecule has 2 rings (SSSR count). The highest BCUT2D eigenvalue weighted by Gasteiger charge is 2.22. The largest absolute Gasteiger partial charge is 0.447 e. The fourth-order valence-electron chi connectivity index (χ4n) is 1.55. The number of hydrogen-bond acceptors (Lipinski definition) is 5. The first kappa shape index (κ1) is 15.6. The summed E-state index contributed by atoms with van der Waals surface area (Å²) in [6.07, 6.45) is -1.16. The van der Waals surface area contributed by atoms with Gasteiger partial charge in [-0.3, -0.25) is 4.79 Å². The predicted molar refractivity (Wildman–Crippen MR) is 71.1 cm³/mol. The molecule has 1 aromatic carbocycles. The van der Waals surface area contributed by atoms with E-state index in [1.807, 2.05) is 0 Å². The molecule has 22 heavy (non-hydrogen) atoms. The lowest BCUT2D eigenvalue weighted by atomic mass is 10.2. The smallest absolute Gasteiger partial charge is 0.377 e. The lowest BCUT2D eigenvalue weighted by Gasteiger charge is -2.12. The minimum absolute atomic E-state index is 0.0438. The van der Waals surface area contributed by atoms with Crippen LogP contribution in [0.3, 0.4) is 0 Å². The van der Waals surface area contributed by atoms with Crippen molar-refractivity contribution in [3.8, 4) is 0 Å². The van der Waals surface area contributed by atoms with Crippen LogP contribution in [0.25, 0.3) is 0 Å². The number of aryl methyl sites for hydroxylation is 1. The van der Waals surface area contributed by atoms with Crippen molar-refractivity contribution in [3.63, 3.8) is 0 Å². The molecule has 0 radical (unpaired) electrons. The predicted octanol–water partition coefficient (Wildman–Crippen LogP) is 2.45. The number of benzene rings is 1. The molecule has 0 aliphatic carbocycles. The van der Waals surface area contributed by atoms with Gasteiger partial charge in [-0.25, -0.2) is 13.6 Å². The summed E-state index contributed by atoms with van der Waals surface area (Å²) in [7, 11) is 0. The Balaban J connectivity index is 1.97. The lowest BCUT2D eigenvalue weighted by Crippen LogP contribution is -2.30. The SMILES string of the molecule is Cc1cc(C(=O)O[C@@H](C)C(=O)Nc2ccc(F)c(F)c2)on1. The van der Waals surface area contributed by atoms with Crippen LogP contribution in [0.1, 0.15) is 23.2 Å². The second-order valence-corrected chi connectivity index (χ2v) is 4.50. The van der Waals surface area contributed by atoms with Gasteiger partial charge in [0, 0.05) is 17.8 Å². The summed E-state index contributed by atoms with van der Waals surface area (Å²) in [6.45, 7) is 2.95. The quantitative estimate of drug-likeness (QED) is 0.877. The van der Waals surface area contributed by atoms with Crippen molar-refractivity contribution < 1.29 is 27.6 Å². The fourth-order valence-corrected chi connectivity index (χ4v) is 1.55. The summed E-state index contributed by atoms with van der Waals surface area (Å²) in [5, 5.41) is 5.82. The number of ether oxygens (including phenoxy) is 1. The molecule has 1 N–H and O–H groups in total. The van der Waals surface area contributed by atoms with E-state index in [0.717, 1.165) is 12.1 Å². The van der Waals surface area contributed by atoms with Crippen molar-refractivity contribution >= 4 is 17.6 Å². The van der Waals surface area contributed by atoms with Gasteiger partial charge < -0.3 is 14.6 Å². The van der Waals surface area contributed by atoms with E-state index in [0.29, 0.717) is 5.69 Å². The lowest BCUT2D eigenvalue weighted by molar-refractivity contribution is -0.123. The number of nitrogens with zero attached hydrogens (tertiary/aromatic N) is 1. The first-order valence-electron chi connectivity index (χ1n) is 6.27. The molecule has 0 aliphatic rings. The van der Waals surface area contributed by atoms with Gasteiger partial charge in [0.25, 0.3) is 5.91 Å². The monoisotopic (exact) mass is 310 g/mol. The van der Waals surface area contributed by atoms with Crippen LogP contribution in [0.5, 0.6) is 0 Å². The summed E-state index contributed by atoms with van der Waals surface area (Å²) in [4.78, 5) is 23.5. The number of rotatable bonds is 4. The molecule has 116 valence electrons. The maximum atomic E-state index is 13.0. The second-order valence-electron chi connectivity index (χ2n) is 4.50. The third-order valence-electron chi connectivity index (χ3n) is 2.67. The topological polar surface area (TPSA) is 81.4 Å². The zero-order chi connectivity index (χ0) is 16.3. The molecule has 0 saturated carbocycles. The molecule has 1 aromatic heterocycles. The van der Waals surface area contributed by atoms with Gasteiger partial charge in [0.1, 0.15) is 0 Å². The number of aromatic nitrogens is 1. The standard InChI is InChI=1S/C14H12F2N2O4/c1-7-5-12(22-18-7)14(20)21-8(2)13(19)17-9-3-4-10(15)11(16)6-9/h3-6,8H,1-2H3,(H,17,19)/t8-/m0/s1. The van der Waals surface area contributed by atoms with Gasteiger partial charge >= 0.3 is 5.97 Å². The van der Waals surface area contributed by atoms with Crippen LogP contribution in [0.4, 0.5) is 14.5 Å². The van der Waals surface area contributed by atoms with Crippen LogP contribution in [0.15, 0.2) is 28.8 Å². The second kappa shape index (κ2) is 6.33. The van der Waals surface area contributed by atoms with E-state index in [9.17, 15) is 18.4 Å². The molecule has 0 spiro atoms. The number of hydrogen-bond donors (Lipinski definition) is 1. The third-order valence-corrected chi connectivity index (χ3v) is 2.67. The normalized spacial score (nSPS) is 11.8. The van der Waals surface area contributed by atoms with Gasteiger partial charge in [-0.1, -0.05) is 5.16 Å². The van der Waals surface area contributed by atoms with E-state index in [-0.39, 0.29) is 11.4 Å². The highest BCUT2D eigenvalue weighted by Crippen LogP contribution is 2.14. The zero-order valence-corrected chi connectivity index (χ0v) is 11.7. The van der Waals surface area contributed by atoms with E-state index in [4.69, 9.17) is 9.26 Å². The Kier molecular flexibility index (Phi) is 4.50. The Bertz CT molecular complexity index is 715. The van der Waals surface area contributed by atoms with Crippen LogP contribution >= 0.6 is 0 Å². The zero-order valence-electron chi connectivity index (χ0n) is 11.7. The molecule has 0 bridgehead atoms. The van der Waals surface area contributed by atoms with E-state index in [2.05, 4.69) is 10.5 Å². The van der Waals surface area contributed by atoms with Gasteiger partial charge in [-0.2, -0.15) is 0 Å². The highest BCUT2D eigenvalue weighted by atomic mass is 19.2. The minimum Gasteiger partial charge on any atom is -0.447 e. The summed E-state index contributed by atoms with van der Waals surface area (Å²) in [5.41, 5.74) is 0.535. The van der Waals surface area contributed by atoms with Crippen LogP contribution in [-0.4, -0.2) is 23.1 Å². The van der Waals surface area contributed by atoms with Crippen molar-refractivity contribution in [1.29, 1.82) is 0 Å². The van der Waals surface area contributed by atoms with Crippen molar-refractivity contribution in [2.75, 3.05) is 5.32 Å². The molecule has 0 saturated heterocycles. The van der Waals surface area contributed by atoms with Gasteiger partial charge in [-0.15, -0.1) is 0 Å². The number of esters is 1. The van der Waals surface area contributed by atoms with Crippen LogP contribution in [0, 0.1) is 18.6 Å². The van der Waals surface area contributed by atoms with Gasteiger partial charge in [-0.05, 0) is 26.0 Å². The molecule has 0 aliphatic heterocycles. The first-order valence-corrected chi connectivity index (χ1v) is 6.27. The van der Waals surface area contributed by atoms with Crippen molar-refractivity contribution in [1.82, 2.24) is 5.16 Å². The van der Waals surface area contributed by atoms with Gasteiger partial charge in [0.15, 0.2) is 17.7 Å². The van der Waals surface area contributed by atoms with E-state index < -0.39 is 29.6 Å². The van der Waals surface area contributed by atoms with Gasteiger partial charge in [0.2, 0.25) is 5.76 Å². The molecule has 6 nitrogen and oxygen atoms in total. The number of halogens is 2. The van der Waals surface area contributed by atoms with Crippen LogP contribution in [0.2, 0.25) is 0 Å². The Morgan fingerprint density at radius 3 is 2.59 bits per heavy atom. The molecule has 0 fully saturated rings. The number of nitrogens with one attached hydrogen (secondary N) is 1. The highest BCUT2D eigenvalue weighted by molar-refractivity contribution is 5.96. The number of amides is 1. The molecule has 2 aromatic rings. The van der Waals surface area contributed by atoms with E-state index in [1.165, 1.54) is 19.1 Å².